The molecule has 0 saturated heterocycles. The van der Waals surface area contributed by atoms with Gasteiger partial charge in [-0.1, -0.05) is 147 Å². The van der Waals surface area contributed by atoms with Crippen molar-refractivity contribution in [3.63, 3.8) is 0 Å². The van der Waals surface area contributed by atoms with Crippen LogP contribution in [0.3, 0.4) is 0 Å². The van der Waals surface area contributed by atoms with Crippen LogP contribution >= 0.6 is 0 Å². The highest BCUT2D eigenvalue weighted by molar-refractivity contribution is 5.78. The Morgan fingerprint density at radius 2 is 1.20 bits per heavy atom. The molecule has 0 aromatic heterocycles. The van der Waals surface area contributed by atoms with Crippen LogP contribution < -0.4 is 9.80 Å². The molecule has 0 spiro atoms. The average molecular weight is 701 g/mol. The molecule has 2 heteroatoms. The molecule has 2 heterocycles. The standard InChI is InChI=1S/C52H48N2/c1-37(2)49-36-47(53-35-9-13-43-10-3-6-14-50(43)53)33-34-48(49)42-25-21-39(22-26-42)18-17-38-19-23-40(24-20-38)41-29-31-46(32-30-41)54-51-15-7-4-11-44(51)27-28-45-12-5-8-16-52(45)54/h3-8,10-12,14-26,29,31-34,36-37,41H,9,13,27-28,30,35H2,1-2H3/b18-17+. The maximum atomic E-state index is 2.50. The van der Waals surface area contributed by atoms with Crippen LogP contribution in [0.2, 0.25) is 0 Å². The van der Waals surface area contributed by atoms with E-state index in [1.165, 1.54) is 84.9 Å². The Morgan fingerprint density at radius 3 is 1.81 bits per heavy atom. The molecule has 9 rings (SSSR count). The summed E-state index contributed by atoms with van der Waals surface area (Å²) >= 11 is 0. The molecule has 0 amide bonds. The molecule has 1 unspecified atom stereocenters. The summed E-state index contributed by atoms with van der Waals surface area (Å²) in [7, 11) is 0. The zero-order valence-corrected chi connectivity index (χ0v) is 31.5. The zero-order valence-electron chi connectivity index (χ0n) is 31.5. The molecule has 1 aliphatic carbocycles. The Morgan fingerprint density at radius 1 is 0.611 bits per heavy atom. The van der Waals surface area contributed by atoms with Gasteiger partial charge in [-0.25, -0.2) is 0 Å². The van der Waals surface area contributed by atoms with Crippen molar-refractivity contribution in [2.45, 2.75) is 57.8 Å². The van der Waals surface area contributed by atoms with Gasteiger partial charge in [-0.3, -0.25) is 0 Å². The van der Waals surface area contributed by atoms with Gasteiger partial charge in [0.05, 0.1) is 0 Å². The lowest BCUT2D eigenvalue weighted by molar-refractivity contribution is 0.765. The molecule has 266 valence electrons. The summed E-state index contributed by atoms with van der Waals surface area (Å²) in [6.45, 7) is 5.68. The van der Waals surface area contributed by atoms with Gasteiger partial charge < -0.3 is 9.80 Å². The SMILES string of the molecule is CC(C)c1cc(N2CCCc3ccccc32)ccc1-c1ccc(/C=C/c2ccc(C3C=CC(N4c5ccccc5CCc5ccccc54)=CC3)cc2)cc1. The van der Waals surface area contributed by atoms with Crippen molar-refractivity contribution in [1.29, 1.82) is 0 Å². The van der Waals surface area contributed by atoms with Gasteiger partial charge in [-0.15, -0.1) is 0 Å². The van der Waals surface area contributed by atoms with E-state index in [1.807, 2.05) is 0 Å². The van der Waals surface area contributed by atoms with Crippen LogP contribution in [-0.2, 0) is 19.3 Å². The molecule has 6 aromatic carbocycles. The Kier molecular flexibility index (Phi) is 9.35. The number of hydrogen-bond acceptors (Lipinski definition) is 2. The Labute approximate surface area is 321 Å². The second kappa shape index (κ2) is 14.9. The number of fused-ring (bicyclic) bond motifs is 3. The molecule has 1 atom stereocenters. The van der Waals surface area contributed by atoms with Crippen LogP contribution in [0, 0.1) is 0 Å². The third kappa shape index (κ3) is 6.74. The van der Waals surface area contributed by atoms with Crippen molar-refractivity contribution in [3.8, 4) is 11.1 Å². The molecular formula is C52H48N2. The van der Waals surface area contributed by atoms with E-state index >= 15 is 0 Å². The van der Waals surface area contributed by atoms with Crippen LogP contribution in [0.5, 0.6) is 0 Å². The van der Waals surface area contributed by atoms with Crippen LogP contribution in [0.25, 0.3) is 23.3 Å². The lowest BCUT2D eigenvalue weighted by atomic mass is 9.90. The van der Waals surface area contributed by atoms with E-state index in [0.717, 1.165) is 32.2 Å². The third-order valence-electron chi connectivity index (χ3n) is 11.6. The fraction of sp³-hybridized carbons (Fsp3) is 0.192. The van der Waals surface area contributed by atoms with E-state index in [2.05, 4.69) is 194 Å². The predicted octanol–water partition coefficient (Wildman–Crippen LogP) is 13.6. The van der Waals surface area contributed by atoms with Gasteiger partial charge in [-0.05, 0) is 125 Å². The molecule has 2 aliphatic heterocycles. The molecule has 54 heavy (non-hydrogen) atoms. The van der Waals surface area contributed by atoms with Crippen molar-refractivity contribution in [2.75, 3.05) is 16.3 Å². The smallest absolute Gasteiger partial charge is 0.0493 e. The lowest BCUT2D eigenvalue weighted by Crippen LogP contribution is -2.24. The average Bonchev–Trinajstić information content (AvgIpc) is 3.40. The molecule has 6 aromatic rings. The minimum absolute atomic E-state index is 0.372. The van der Waals surface area contributed by atoms with Crippen molar-refractivity contribution in [2.24, 2.45) is 0 Å². The van der Waals surface area contributed by atoms with E-state index in [4.69, 9.17) is 0 Å². The number of hydrogen-bond donors (Lipinski definition) is 0. The summed E-state index contributed by atoms with van der Waals surface area (Å²) in [6.07, 6.45) is 17.1. The van der Waals surface area contributed by atoms with Crippen molar-refractivity contribution in [1.82, 2.24) is 0 Å². The van der Waals surface area contributed by atoms with E-state index < -0.39 is 0 Å². The zero-order chi connectivity index (χ0) is 36.4. The fourth-order valence-electron chi connectivity index (χ4n) is 8.66. The van der Waals surface area contributed by atoms with Crippen LogP contribution in [0.1, 0.15) is 77.5 Å². The Hall–Kier alpha value is -5.86. The van der Waals surface area contributed by atoms with E-state index in [0.29, 0.717) is 11.8 Å². The molecule has 0 bridgehead atoms. The highest BCUT2D eigenvalue weighted by Gasteiger charge is 2.24. The first-order valence-corrected chi connectivity index (χ1v) is 19.8. The van der Waals surface area contributed by atoms with E-state index in [9.17, 15) is 0 Å². The molecule has 0 saturated carbocycles. The summed E-state index contributed by atoms with van der Waals surface area (Å²) in [6, 6.07) is 51.9. The van der Waals surface area contributed by atoms with Gasteiger partial charge in [-0.2, -0.15) is 0 Å². The van der Waals surface area contributed by atoms with Crippen LogP contribution in [-0.4, -0.2) is 6.54 Å². The van der Waals surface area contributed by atoms with Gasteiger partial charge in [0.2, 0.25) is 0 Å². The number of nitrogens with zero attached hydrogens (tertiary/aromatic N) is 2. The first-order valence-electron chi connectivity index (χ1n) is 19.8. The number of benzene rings is 6. The Bertz CT molecular complexity index is 2330. The monoisotopic (exact) mass is 700 g/mol. The molecule has 3 aliphatic rings. The topological polar surface area (TPSA) is 6.48 Å². The minimum Gasteiger partial charge on any atom is -0.341 e. The van der Waals surface area contributed by atoms with Gasteiger partial charge >= 0.3 is 0 Å². The highest BCUT2D eigenvalue weighted by atomic mass is 15.2. The first-order chi connectivity index (χ1) is 26.6. The second-order valence-corrected chi connectivity index (χ2v) is 15.4. The first kappa shape index (κ1) is 33.9. The normalized spacial score (nSPS) is 16.5. The van der Waals surface area contributed by atoms with Gasteiger partial charge in [0.15, 0.2) is 0 Å². The second-order valence-electron chi connectivity index (χ2n) is 15.4. The van der Waals surface area contributed by atoms with Gasteiger partial charge in [0.1, 0.15) is 0 Å². The number of aryl methyl sites for hydroxylation is 3. The van der Waals surface area contributed by atoms with Crippen molar-refractivity contribution in [3.05, 3.63) is 202 Å². The molecular weight excluding hydrogens is 653 g/mol. The quantitative estimate of drug-likeness (QED) is 0.153. The van der Waals surface area contributed by atoms with Gasteiger partial charge in [0.25, 0.3) is 0 Å². The molecule has 2 nitrogen and oxygen atoms in total. The van der Waals surface area contributed by atoms with Crippen LogP contribution in [0.15, 0.2) is 163 Å². The number of allylic oxidation sites excluding steroid dienone is 3. The van der Waals surface area contributed by atoms with Gasteiger partial charge in [0, 0.05) is 40.9 Å². The summed E-state index contributed by atoms with van der Waals surface area (Å²) in [5, 5.41) is 0. The predicted molar refractivity (Wildman–Crippen MR) is 230 cm³/mol. The molecule has 0 fully saturated rings. The highest BCUT2D eigenvalue weighted by Crippen LogP contribution is 2.42. The largest absolute Gasteiger partial charge is 0.341 e. The number of anilines is 4. The summed E-state index contributed by atoms with van der Waals surface area (Å²) in [5.41, 5.74) is 18.6. The van der Waals surface area contributed by atoms with E-state index in [-0.39, 0.29) is 0 Å². The number of rotatable bonds is 7. The molecule has 0 N–H and O–H groups in total. The number of para-hydroxylation sites is 3. The lowest BCUT2D eigenvalue weighted by Gasteiger charge is -2.32. The fourth-order valence-corrected chi connectivity index (χ4v) is 8.66. The van der Waals surface area contributed by atoms with Crippen molar-refractivity contribution < 1.29 is 0 Å². The maximum Gasteiger partial charge on any atom is 0.0493 e. The third-order valence-corrected chi connectivity index (χ3v) is 11.6. The van der Waals surface area contributed by atoms with Crippen LogP contribution in [0.4, 0.5) is 22.7 Å². The minimum atomic E-state index is 0.372. The summed E-state index contributed by atoms with van der Waals surface area (Å²) in [4.78, 5) is 4.98. The maximum absolute atomic E-state index is 2.50. The summed E-state index contributed by atoms with van der Waals surface area (Å²) < 4.78 is 0. The van der Waals surface area contributed by atoms with Crippen molar-refractivity contribution >= 4 is 34.9 Å². The van der Waals surface area contributed by atoms with E-state index in [1.54, 1.807) is 0 Å². The Balaban J connectivity index is 0.876. The summed E-state index contributed by atoms with van der Waals surface area (Å²) in [5.74, 6) is 0.802. The molecule has 0 radical (unpaired) electrons.